The van der Waals surface area contributed by atoms with E-state index in [9.17, 15) is 33.6 Å². The quantitative estimate of drug-likeness (QED) is 0.0361. The highest BCUT2D eigenvalue weighted by Gasteiger charge is 2.62. The lowest BCUT2D eigenvalue weighted by atomic mass is 9.52. The summed E-state index contributed by atoms with van der Waals surface area (Å²) >= 11 is 0. The molecule has 8 fully saturated rings. The Morgan fingerprint density at radius 2 is 0.975 bits per heavy atom. The van der Waals surface area contributed by atoms with Crippen LogP contribution < -0.4 is 0 Å². The average molecular weight is 1110 g/mol. The van der Waals surface area contributed by atoms with Crippen LogP contribution in [0.2, 0.25) is 0 Å². The second-order valence-corrected chi connectivity index (χ2v) is 23.3. The molecule has 0 aromatic rings. The maximum absolute atomic E-state index is 12.3. The minimum Gasteiger partial charge on any atom is -0.462 e. The lowest BCUT2D eigenvalue weighted by Gasteiger charge is -2.59. The molecule has 8 aliphatic rings. The molecule has 7 saturated carbocycles. The van der Waals surface area contributed by atoms with Gasteiger partial charge in [-0.2, -0.15) is 0 Å². The van der Waals surface area contributed by atoms with Crippen molar-refractivity contribution < 1.29 is 76.2 Å². The van der Waals surface area contributed by atoms with Gasteiger partial charge in [-0.15, -0.1) is 0 Å². The molecule has 0 aromatic carbocycles. The molecular formula is C63H98O16. The molecule has 0 N–H and O–H groups in total. The lowest BCUT2D eigenvalue weighted by Crippen LogP contribution is -2.61. The summed E-state index contributed by atoms with van der Waals surface area (Å²) in [7, 11) is 0. The fraction of sp³-hybridized carbons (Fsp3) is 0.730. The second kappa shape index (κ2) is 34.7. The number of ether oxygens (including phenoxy) is 9. The van der Waals surface area contributed by atoms with Gasteiger partial charge in [-0.1, -0.05) is 118 Å². The summed E-state index contributed by atoms with van der Waals surface area (Å²) in [5.74, 6) is 2.67. The van der Waals surface area contributed by atoms with E-state index in [1.54, 1.807) is 34.6 Å². The number of hydrogen-bond acceptors (Lipinski definition) is 16. The van der Waals surface area contributed by atoms with Crippen LogP contribution in [0.3, 0.4) is 0 Å². The Morgan fingerprint density at radius 1 is 0.519 bits per heavy atom. The first-order valence-electron chi connectivity index (χ1n) is 29.4. The van der Waals surface area contributed by atoms with Crippen molar-refractivity contribution in [2.75, 3.05) is 33.0 Å². The Kier molecular flexibility index (Phi) is 29.8. The van der Waals surface area contributed by atoms with Gasteiger partial charge in [-0.3, -0.25) is 0 Å². The first-order chi connectivity index (χ1) is 37.5. The van der Waals surface area contributed by atoms with E-state index in [2.05, 4.69) is 58.4 Å². The number of hydrogen-bond donors (Lipinski definition) is 0. The summed E-state index contributed by atoms with van der Waals surface area (Å²) in [6, 6.07) is 0. The molecule has 79 heavy (non-hydrogen) atoms. The Bertz CT molecular complexity index is 2070. The number of unbranched alkanes of at least 4 members (excludes halogenated alkanes) is 9. The van der Waals surface area contributed by atoms with Crippen molar-refractivity contribution in [3.05, 3.63) is 60.8 Å². The molecule has 8 unspecified atom stereocenters. The topological polar surface area (TPSA) is 203 Å². The van der Waals surface area contributed by atoms with E-state index in [4.69, 9.17) is 37.9 Å². The second-order valence-electron chi connectivity index (χ2n) is 23.3. The van der Waals surface area contributed by atoms with Gasteiger partial charge in [0.15, 0.2) is 6.10 Å². The van der Waals surface area contributed by atoms with E-state index in [0.717, 1.165) is 94.8 Å². The maximum atomic E-state index is 12.3. The summed E-state index contributed by atoms with van der Waals surface area (Å²) in [6.45, 7) is 34.1. The SMILES string of the molecule is C=C(C)C(=O)OC12CC3CC(CC(OC(=O)OCC4COC(=O)O4)(C3)C1)C2.C=C(C)C(=O)OC1CC2CC1C1CCCC21.C=C(C)C(=O)OCCCC.C=C(C)C(=O)OCCCCCC.C=C(C)C(=O)OCCCCCCCC. The highest BCUT2D eigenvalue weighted by Crippen LogP contribution is 2.61. The zero-order chi connectivity index (χ0) is 58.7. The molecule has 0 radical (unpaired) electrons. The zero-order valence-corrected chi connectivity index (χ0v) is 49.5. The first-order valence-corrected chi connectivity index (χ1v) is 29.4. The molecule has 0 spiro atoms. The van der Waals surface area contributed by atoms with E-state index in [0.29, 0.717) is 71.9 Å². The molecule has 7 aliphatic carbocycles. The van der Waals surface area contributed by atoms with Crippen LogP contribution in [0.1, 0.15) is 203 Å². The normalized spacial score (nSPS) is 26.6. The predicted molar refractivity (Wildman–Crippen MR) is 301 cm³/mol. The van der Waals surface area contributed by atoms with E-state index < -0.39 is 35.6 Å². The van der Waals surface area contributed by atoms with E-state index in [1.807, 2.05) is 0 Å². The number of carbonyl (C=O) groups is 7. The molecule has 16 heteroatoms. The Morgan fingerprint density at radius 3 is 1.46 bits per heavy atom. The number of fused-ring (bicyclic) bond motifs is 5. The molecule has 446 valence electrons. The Balaban J connectivity index is 0.000000275. The Labute approximate surface area is 472 Å². The van der Waals surface area contributed by atoms with Crippen LogP contribution in [0.4, 0.5) is 9.59 Å². The summed E-state index contributed by atoms with van der Waals surface area (Å²) in [4.78, 5) is 79.3. The summed E-state index contributed by atoms with van der Waals surface area (Å²) < 4.78 is 46.4. The van der Waals surface area contributed by atoms with Gasteiger partial charge in [0.05, 0.1) is 19.8 Å². The molecule has 8 atom stereocenters. The van der Waals surface area contributed by atoms with Gasteiger partial charge in [0.25, 0.3) is 0 Å². The molecule has 1 aliphatic heterocycles. The van der Waals surface area contributed by atoms with Gasteiger partial charge >= 0.3 is 42.2 Å². The molecule has 0 aromatic heterocycles. The Hall–Kier alpha value is -5.41. The molecule has 1 saturated heterocycles. The molecule has 0 amide bonds. The van der Waals surface area contributed by atoms with Crippen LogP contribution in [-0.4, -0.2) is 98.6 Å². The van der Waals surface area contributed by atoms with Crippen molar-refractivity contribution in [1.29, 1.82) is 0 Å². The number of carbonyl (C=O) groups excluding carboxylic acids is 7. The minimum atomic E-state index is -0.790. The van der Waals surface area contributed by atoms with Gasteiger partial charge in [-0.05, 0) is 147 Å². The van der Waals surface area contributed by atoms with Crippen LogP contribution in [-0.2, 0) is 66.6 Å². The summed E-state index contributed by atoms with van der Waals surface area (Å²) in [5, 5.41) is 0. The van der Waals surface area contributed by atoms with Crippen LogP contribution in [0.25, 0.3) is 0 Å². The largest absolute Gasteiger partial charge is 0.508 e. The van der Waals surface area contributed by atoms with Gasteiger partial charge in [0, 0.05) is 34.3 Å². The zero-order valence-electron chi connectivity index (χ0n) is 49.5. The fourth-order valence-electron chi connectivity index (χ4n) is 12.2. The number of rotatable bonds is 25. The van der Waals surface area contributed by atoms with E-state index in [1.165, 1.54) is 64.2 Å². The fourth-order valence-corrected chi connectivity index (χ4v) is 12.2. The van der Waals surface area contributed by atoms with Crippen molar-refractivity contribution in [2.45, 2.75) is 226 Å². The van der Waals surface area contributed by atoms with Gasteiger partial charge in [0.2, 0.25) is 0 Å². The maximum Gasteiger partial charge on any atom is 0.508 e. The van der Waals surface area contributed by atoms with Crippen LogP contribution in [0.5, 0.6) is 0 Å². The van der Waals surface area contributed by atoms with Crippen molar-refractivity contribution in [1.82, 2.24) is 0 Å². The average Bonchev–Trinajstić information content (AvgIpc) is 4.21. The molecule has 6 bridgehead atoms. The molecular weight excluding hydrogens is 1010 g/mol. The minimum absolute atomic E-state index is 0.0569. The standard InChI is InChI=1S/C19H24O8.C14H20O2.C12H22O2.C10H18O2.C8H14O2/c1-11(2)15(20)26-18-4-12-3-13(5-18)7-19(6-12,10-18)27-17(22)24-9-14-8-23-16(21)25-14;1-8(2)14(15)16-13-7-9-6-12(13)11-5-3-4-10(9)11;1-4-5-6-7-8-9-10-14-12(13)11(2)3;1-4-5-6-7-8-12-10(11)9(2)3;1-4-5-6-10-8(9)7(2)3/h12-14H,1,3-10H2,2H3;9-13H,1,3-7H2,2H3;2,4-10H2,1,3H3;2,4-8H2,1,3H3;2,4-6H2,1,3H3. The van der Waals surface area contributed by atoms with Crippen LogP contribution >= 0.6 is 0 Å². The van der Waals surface area contributed by atoms with Gasteiger partial charge in [0.1, 0.15) is 30.5 Å². The van der Waals surface area contributed by atoms with Crippen LogP contribution in [0, 0.1) is 35.5 Å². The van der Waals surface area contributed by atoms with Crippen molar-refractivity contribution in [2.24, 2.45) is 35.5 Å². The molecule has 16 nitrogen and oxygen atoms in total. The predicted octanol–water partition coefficient (Wildman–Crippen LogP) is 13.9. The highest BCUT2D eigenvalue weighted by molar-refractivity contribution is 5.88. The highest BCUT2D eigenvalue weighted by atomic mass is 16.8. The third-order valence-electron chi connectivity index (χ3n) is 15.7. The third kappa shape index (κ3) is 23.7. The lowest BCUT2D eigenvalue weighted by molar-refractivity contribution is -0.221. The molecule has 1 heterocycles. The van der Waals surface area contributed by atoms with Gasteiger partial charge < -0.3 is 42.6 Å². The first kappa shape index (κ1) is 67.9. The van der Waals surface area contributed by atoms with Crippen molar-refractivity contribution >= 4 is 42.2 Å². The van der Waals surface area contributed by atoms with Crippen LogP contribution in [0.15, 0.2) is 60.8 Å². The summed E-state index contributed by atoms with van der Waals surface area (Å²) in [6.07, 6.45) is 23.1. The van der Waals surface area contributed by atoms with Crippen molar-refractivity contribution in [3.63, 3.8) is 0 Å². The molecule has 8 rings (SSSR count). The van der Waals surface area contributed by atoms with E-state index >= 15 is 0 Å². The van der Waals surface area contributed by atoms with Gasteiger partial charge in [-0.25, -0.2) is 33.6 Å². The smallest absolute Gasteiger partial charge is 0.462 e. The van der Waals surface area contributed by atoms with E-state index in [-0.39, 0.29) is 43.2 Å². The third-order valence-corrected chi connectivity index (χ3v) is 15.7. The van der Waals surface area contributed by atoms with Crippen molar-refractivity contribution in [3.8, 4) is 0 Å². The summed E-state index contributed by atoms with van der Waals surface area (Å²) in [5.41, 5.74) is 1.07. The monoisotopic (exact) mass is 1110 g/mol. The number of esters is 5. The number of cyclic esters (lactones) is 2.